The maximum Gasteiger partial charge on any atom is -0.0316 e. The number of fused-ring (bicyclic) bond motifs is 12. The predicted octanol–water partition coefficient (Wildman–Crippen LogP) is 3.96. The van der Waals surface area contributed by atoms with E-state index in [1.807, 2.05) is 0 Å². The number of hydrogen-bond donors (Lipinski definition) is 0. The summed E-state index contributed by atoms with van der Waals surface area (Å²) in [5, 5.41) is 0. The first kappa shape index (κ1) is 9.00. The zero-order valence-corrected chi connectivity index (χ0v) is 10.7. The minimum Gasteiger partial charge on any atom is -0.0596 e. The van der Waals surface area contributed by atoms with Crippen LogP contribution in [0, 0.1) is 52.8 Å². The van der Waals surface area contributed by atoms with Crippen molar-refractivity contribution in [1.82, 2.24) is 0 Å². The van der Waals surface area contributed by atoms with Gasteiger partial charge in [0.2, 0.25) is 0 Å². The third-order valence-corrected chi connectivity index (χ3v) is 7.82. The Bertz CT molecular complexity index is 355. The van der Waals surface area contributed by atoms with E-state index >= 15 is 0 Å². The van der Waals surface area contributed by atoms with Gasteiger partial charge in [0.25, 0.3) is 0 Å². The molecular weight excluding hydrogens is 192 g/mol. The van der Waals surface area contributed by atoms with Crippen LogP contribution in [0.25, 0.3) is 0 Å². The molecule has 8 unspecified atom stereocenters. The molecule has 4 bridgehead atoms. The molecule has 0 N–H and O–H groups in total. The van der Waals surface area contributed by atoms with Crippen molar-refractivity contribution < 1.29 is 0 Å². The van der Waals surface area contributed by atoms with Gasteiger partial charge in [-0.25, -0.2) is 0 Å². The molecule has 0 saturated heterocycles. The summed E-state index contributed by atoms with van der Waals surface area (Å²) in [5.41, 5.74) is 0.704. The second kappa shape index (κ2) is 2.40. The summed E-state index contributed by atoms with van der Waals surface area (Å²) in [6.07, 6.45) is 8.06. The lowest BCUT2D eigenvalue weighted by atomic mass is 9.53. The van der Waals surface area contributed by atoms with Crippen LogP contribution in [0.2, 0.25) is 0 Å². The molecule has 5 fully saturated rings. The third kappa shape index (κ3) is 0.754. The van der Waals surface area contributed by atoms with Crippen LogP contribution < -0.4 is 0 Å². The van der Waals surface area contributed by atoms with Gasteiger partial charge in [-0.3, -0.25) is 0 Å². The smallest absolute Gasteiger partial charge is 0.0316 e. The summed E-state index contributed by atoms with van der Waals surface area (Å²) in [4.78, 5) is 0. The number of hydrogen-bond acceptors (Lipinski definition) is 0. The highest BCUT2D eigenvalue weighted by molar-refractivity contribution is 5.18. The molecule has 0 heterocycles. The third-order valence-electron chi connectivity index (χ3n) is 7.82. The standard InChI is InChI=1S/C16H24/c1-16(2)7-8-5-13(16)15-12-6-11(14(8)15)9-3-4-10(9)12/h8-15H,3-7H2,1-2H3. The van der Waals surface area contributed by atoms with Gasteiger partial charge in [0.1, 0.15) is 0 Å². The quantitative estimate of drug-likeness (QED) is 0.538. The van der Waals surface area contributed by atoms with Crippen LogP contribution >= 0.6 is 0 Å². The normalized spacial score (nSPS) is 67.9. The lowest BCUT2D eigenvalue weighted by Crippen LogP contribution is -2.46. The zero-order valence-electron chi connectivity index (χ0n) is 10.7. The van der Waals surface area contributed by atoms with Crippen molar-refractivity contribution >= 4 is 0 Å². The average Bonchev–Trinajstić information content (AvgIpc) is 2.77. The molecule has 5 aliphatic rings. The Morgan fingerprint density at radius 3 is 2.19 bits per heavy atom. The molecule has 0 radical (unpaired) electrons. The molecule has 0 aliphatic heterocycles. The van der Waals surface area contributed by atoms with Gasteiger partial charge in [0.05, 0.1) is 0 Å². The summed E-state index contributed by atoms with van der Waals surface area (Å²) in [6.45, 7) is 5.14. The molecule has 8 atom stereocenters. The minimum absolute atomic E-state index is 0.704. The molecule has 0 aromatic carbocycles. The van der Waals surface area contributed by atoms with Crippen LogP contribution in [0.15, 0.2) is 0 Å². The Kier molecular flexibility index (Phi) is 1.35. The van der Waals surface area contributed by atoms with E-state index in [1.165, 1.54) is 35.5 Å². The average molecular weight is 216 g/mol. The maximum absolute atomic E-state index is 2.57. The SMILES string of the molecule is CC1(C)CC2CC1C1C3CC(C4CCC43)C21. The van der Waals surface area contributed by atoms with Crippen molar-refractivity contribution in [3.05, 3.63) is 0 Å². The largest absolute Gasteiger partial charge is 0.0596 e. The Morgan fingerprint density at radius 1 is 0.812 bits per heavy atom. The molecule has 88 valence electrons. The van der Waals surface area contributed by atoms with E-state index in [9.17, 15) is 0 Å². The Morgan fingerprint density at radius 2 is 1.50 bits per heavy atom. The predicted molar refractivity (Wildman–Crippen MR) is 64.8 cm³/mol. The summed E-state index contributed by atoms with van der Waals surface area (Å²) in [7, 11) is 0. The topological polar surface area (TPSA) is 0 Å². The van der Waals surface area contributed by atoms with E-state index in [0.717, 1.165) is 11.8 Å². The second-order valence-corrected chi connectivity index (χ2v) is 8.42. The van der Waals surface area contributed by atoms with Crippen molar-refractivity contribution in [1.29, 1.82) is 0 Å². The van der Waals surface area contributed by atoms with Gasteiger partial charge >= 0.3 is 0 Å². The fourth-order valence-electron chi connectivity index (χ4n) is 7.49. The summed E-state index contributed by atoms with van der Waals surface area (Å²) < 4.78 is 0. The van der Waals surface area contributed by atoms with Gasteiger partial charge in [-0.1, -0.05) is 13.8 Å². The highest BCUT2D eigenvalue weighted by Gasteiger charge is 2.70. The van der Waals surface area contributed by atoms with Crippen LogP contribution in [0.1, 0.15) is 46.0 Å². The van der Waals surface area contributed by atoms with Crippen molar-refractivity contribution in [2.75, 3.05) is 0 Å². The molecule has 0 heteroatoms. The van der Waals surface area contributed by atoms with Gasteiger partial charge in [-0.05, 0) is 84.9 Å². The fraction of sp³-hybridized carbons (Fsp3) is 1.00. The lowest BCUT2D eigenvalue weighted by Gasteiger charge is -2.52. The van der Waals surface area contributed by atoms with Gasteiger partial charge in [0, 0.05) is 0 Å². The van der Waals surface area contributed by atoms with Crippen LogP contribution in [0.3, 0.4) is 0 Å². The molecule has 0 aromatic heterocycles. The lowest BCUT2D eigenvalue weighted by molar-refractivity contribution is -0.0342. The molecule has 0 spiro atoms. The fourth-order valence-corrected chi connectivity index (χ4v) is 7.49. The monoisotopic (exact) mass is 216 g/mol. The van der Waals surface area contributed by atoms with E-state index in [0.29, 0.717) is 5.41 Å². The molecule has 0 nitrogen and oxygen atoms in total. The first-order valence-electron chi connectivity index (χ1n) is 7.67. The molecule has 5 rings (SSSR count). The van der Waals surface area contributed by atoms with Crippen molar-refractivity contribution in [2.45, 2.75) is 46.0 Å². The number of rotatable bonds is 0. The van der Waals surface area contributed by atoms with Crippen molar-refractivity contribution in [2.24, 2.45) is 52.8 Å². The first-order valence-corrected chi connectivity index (χ1v) is 7.67. The van der Waals surface area contributed by atoms with E-state index < -0.39 is 0 Å². The van der Waals surface area contributed by atoms with Crippen molar-refractivity contribution in [3.8, 4) is 0 Å². The molecular formula is C16H24. The summed E-state index contributed by atoms with van der Waals surface area (Å²) in [6, 6.07) is 0. The molecule has 5 saturated carbocycles. The molecule has 5 aliphatic carbocycles. The van der Waals surface area contributed by atoms with Crippen LogP contribution in [0.4, 0.5) is 0 Å². The Balaban J connectivity index is 1.58. The summed E-state index contributed by atoms with van der Waals surface area (Å²) >= 11 is 0. The van der Waals surface area contributed by atoms with Gasteiger partial charge in [-0.15, -0.1) is 0 Å². The van der Waals surface area contributed by atoms with Crippen LogP contribution in [-0.4, -0.2) is 0 Å². The van der Waals surface area contributed by atoms with Crippen LogP contribution in [-0.2, 0) is 0 Å². The van der Waals surface area contributed by atoms with Gasteiger partial charge in [0.15, 0.2) is 0 Å². The van der Waals surface area contributed by atoms with E-state index in [4.69, 9.17) is 0 Å². The minimum atomic E-state index is 0.704. The maximum atomic E-state index is 2.57. The van der Waals surface area contributed by atoms with E-state index in [-0.39, 0.29) is 0 Å². The first-order chi connectivity index (χ1) is 7.67. The molecule has 0 aromatic rings. The van der Waals surface area contributed by atoms with Gasteiger partial charge < -0.3 is 0 Å². The van der Waals surface area contributed by atoms with E-state index in [1.54, 1.807) is 32.1 Å². The van der Waals surface area contributed by atoms with Crippen LogP contribution in [0.5, 0.6) is 0 Å². The highest BCUT2D eigenvalue weighted by Crippen LogP contribution is 2.76. The zero-order chi connectivity index (χ0) is 10.7. The second-order valence-electron chi connectivity index (χ2n) is 8.42. The molecule has 0 amide bonds. The van der Waals surface area contributed by atoms with Crippen molar-refractivity contribution in [3.63, 3.8) is 0 Å². The van der Waals surface area contributed by atoms with E-state index in [2.05, 4.69) is 13.8 Å². The van der Waals surface area contributed by atoms with Gasteiger partial charge in [-0.2, -0.15) is 0 Å². The Hall–Kier alpha value is 0. The molecule has 16 heavy (non-hydrogen) atoms. The highest BCUT2D eigenvalue weighted by atomic mass is 14.7. The summed E-state index contributed by atoms with van der Waals surface area (Å²) in [5.74, 6) is 9.52. The Labute approximate surface area is 99.2 Å².